The molecule has 9 heteroatoms. The van der Waals surface area contributed by atoms with Gasteiger partial charge in [-0.25, -0.2) is 8.42 Å². The third-order valence-corrected chi connectivity index (χ3v) is 7.18. The average molecular weight is 457 g/mol. The number of rotatable bonds is 7. The van der Waals surface area contributed by atoms with Crippen molar-refractivity contribution in [3.8, 4) is 5.75 Å². The summed E-state index contributed by atoms with van der Waals surface area (Å²) in [5.74, 6) is 0.147. The van der Waals surface area contributed by atoms with E-state index in [9.17, 15) is 13.2 Å². The summed E-state index contributed by atoms with van der Waals surface area (Å²) in [5.41, 5.74) is 1.40. The number of aryl methyl sites for hydroxylation is 1. The molecular weight excluding hydrogens is 435 g/mol. The van der Waals surface area contributed by atoms with E-state index < -0.39 is 10.0 Å². The van der Waals surface area contributed by atoms with Crippen LogP contribution < -0.4 is 10.1 Å². The molecule has 29 heavy (non-hydrogen) atoms. The summed E-state index contributed by atoms with van der Waals surface area (Å²) in [6.07, 6.45) is 1.77. The normalized spacial score (nSPS) is 14.7. The molecule has 0 aromatic heterocycles. The zero-order chi connectivity index (χ0) is 21.0. The Morgan fingerprint density at radius 2 is 1.86 bits per heavy atom. The van der Waals surface area contributed by atoms with Crippen molar-refractivity contribution in [2.24, 2.45) is 0 Å². The Labute approximate surface area is 180 Å². The molecule has 1 fully saturated rings. The van der Waals surface area contributed by atoms with E-state index in [1.165, 1.54) is 10.4 Å². The minimum Gasteiger partial charge on any atom is -0.484 e. The van der Waals surface area contributed by atoms with Gasteiger partial charge in [0.25, 0.3) is 5.91 Å². The lowest BCUT2D eigenvalue weighted by atomic mass is 10.2. The molecule has 1 aliphatic rings. The molecule has 0 atom stereocenters. The number of hydrogen-bond donors (Lipinski definition) is 1. The molecule has 1 saturated heterocycles. The lowest BCUT2D eigenvalue weighted by Gasteiger charge is -2.17. The number of ether oxygens (including phenoxy) is 1. The van der Waals surface area contributed by atoms with Crippen molar-refractivity contribution in [2.45, 2.75) is 31.2 Å². The summed E-state index contributed by atoms with van der Waals surface area (Å²) >= 11 is 11.9. The van der Waals surface area contributed by atoms with Crippen molar-refractivity contribution in [2.75, 3.05) is 19.7 Å². The summed E-state index contributed by atoms with van der Waals surface area (Å²) in [6.45, 7) is 2.92. The number of halogens is 2. The number of nitrogens with zero attached hydrogens (tertiary/aromatic N) is 1. The maximum atomic E-state index is 12.6. The molecule has 1 amide bonds. The van der Waals surface area contributed by atoms with Gasteiger partial charge >= 0.3 is 0 Å². The molecule has 3 rings (SSSR count). The van der Waals surface area contributed by atoms with Gasteiger partial charge in [-0.15, -0.1) is 0 Å². The fraction of sp³-hybridized carbons (Fsp3) is 0.350. The third-order valence-electron chi connectivity index (χ3n) is 4.70. The van der Waals surface area contributed by atoms with Crippen LogP contribution in [0.2, 0.25) is 10.0 Å². The van der Waals surface area contributed by atoms with Crippen molar-refractivity contribution >= 4 is 39.1 Å². The fourth-order valence-electron chi connectivity index (χ4n) is 3.08. The molecule has 0 bridgehead atoms. The highest BCUT2D eigenvalue weighted by atomic mass is 35.5. The van der Waals surface area contributed by atoms with E-state index in [1.807, 2.05) is 0 Å². The van der Waals surface area contributed by atoms with Crippen molar-refractivity contribution in [1.82, 2.24) is 9.62 Å². The van der Waals surface area contributed by atoms with E-state index in [-0.39, 0.29) is 24.0 Å². The molecule has 1 N–H and O–H groups in total. The standard InChI is InChI=1S/C20H22Cl2N2O4S/c1-14-10-17(29(26,27)24-8-2-3-9-24)6-7-19(14)28-13-20(25)23-12-15-4-5-16(21)11-18(15)22/h4-7,10-11H,2-3,8-9,12-13H2,1H3,(H,23,25). The van der Waals surface area contributed by atoms with Gasteiger partial charge in [-0.2, -0.15) is 4.31 Å². The highest BCUT2D eigenvalue weighted by Gasteiger charge is 2.27. The van der Waals surface area contributed by atoms with Crippen LogP contribution in [0, 0.1) is 6.92 Å². The van der Waals surface area contributed by atoms with Crippen molar-refractivity contribution in [3.05, 3.63) is 57.6 Å². The van der Waals surface area contributed by atoms with Gasteiger partial charge in [0.15, 0.2) is 6.61 Å². The second kappa shape index (κ2) is 9.34. The van der Waals surface area contributed by atoms with E-state index in [1.54, 1.807) is 37.3 Å². The summed E-state index contributed by atoms with van der Waals surface area (Å²) in [4.78, 5) is 12.3. The van der Waals surface area contributed by atoms with E-state index in [0.717, 1.165) is 18.4 Å². The SMILES string of the molecule is Cc1cc(S(=O)(=O)N2CCCC2)ccc1OCC(=O)NCc1ccc(Cl)cc1Cl. The first-order valence-electron chi connectivity index (χ1n) is 9.21. The minimum atomic E-state index is -3.48. The molecule has 1 aliphatic heterocycles. The Morgan fingerprint density at radius 1 is 1.14 bits per heavy atom. The smallest absolute Gasteiger partial charge is 0.258 e. The second-order valence-corrected chi connectivity index (χ2v) is 9.62. The highest BCUT2D eigenvalue weighted by molar-refractivity contribution is 7.89. The van der Waals surface area contributed by atoms with E-state index in [0.29, 0.717) is 34.4 Å². The van der Waals surface area contributed by atoms with Crippen molar-refractivity contribution in [3.63, 3.8) is 0 Å². The van der Waals surface area contributed by atoms with Crippen LogP contribution in [0.15, 0.2) is 41.3 Å². The molecule has 2 aromatic rings. The molecule has 2 aromatic carbocycles. The Morgan fingerprint density at radius 3 is 2.52 bits per heavy atom. The van der Waals surface area contributed by atoms with Crippen LogP contribution in [0.5, 0.6) is 5.75 Å². The Bertz CT molecular complexity index is 1010. The molecule has 1 heterocycles. The van der Waals surface area contributed by atoms with Crippen LogP contribution in [0.25, 0.3) is 0 Å². The molecular formula is C20H22Cl2N2O4S. The molecule has 0 spiro atoms. The lowest BCUT2D eigenvalue weighted by molar-refractivity contribution is -0.123. The fourth-order valence-corrected chi connectivity index (χ4v) is 5.15. The first-order valence-corrected chi connectivity index (χ1v) is 11.4. The van der Waals surface area contributed by atoms with Crippen LogP contribution >= 0.6 is 23.2 Å². The largest absolute Gasteiger partial charge is 0.484 e. The Hall–Kier alpha value is -1.80. The predicted molar refractivity (Wildman–Crippen MR) is 113 cm³/mol. The number of benzene rings is 2. The lowest BCUT2D eigenvalue weighted by Crippen LogP contribution is -2.29. The molecule has 0 radical (unpaired) electrons. The predicted octanol–water partition coefficient (Wildman–Crippen LogP) is 3.78. The van der Waals surface area contributed by atoms with Crippen LogP contribution in [0.1, 0.15) is 24.0 Å². The first-order chi connectivity index (χ1) is 13.8. The van der Waals surface area contributed by atoms with Crippen LogP contribution in [-0.2, 0) is 21.4 Å². The molecule has 6 nitrogen and oxygen atoms in total. The number of sulfonamides is 1. The summed E-state index contributed by atoms with van der Waals surface area (Å²) in [7, 11) is -3.48. The molecule has 156 valence electrons. The zero-order valence-corrected chi connectivity index (χ0v) is 18.3. The third kappa shape index (κ3) is 5.42. The van der Waals surface area contributed by atoms with Crippen LogP contribution in [-0.4, -0.2) is 38.3 Å². The molecule has 0 saturated carbocycles. The maximum Gasteiger partial charge on any atom is 0.258 e. The number of amides is 1. The molecule has 0 aliphatic carbocycles. The topological polar surface area (TPSA) is 75.7 Å². The van der Waals surface area contributed by atoms with Gasteiger partial charge in [-0.05, 0) is 61.2 Å². The number of carbonyl (C=O) groups excluding carboxylic acids is 1. The highest BCUT2D eigenvalue weighted by Crippen LogP contribution is 2.26. The quantitative estimate of drug-likeness (QED) is 0.687. The minimum absolute atomic E-state index is 0.190. The summed E-state index contributed by atoms with van der Waals surface area (Å²) in [5, 5.41) is 3.73. The number of carbonyl (C=O) groups is 1. The average Bonchev–Trinajstić information content (AvgIpc) is 3.22. The van der Waals surface area contributed by atoms with Crippen molar-refractivity contribution < 1.29 is 17.9 Å². The van der Waals surface area contributed by atoms with Gasteiger partial charge in [0, 0.05) is 29.7 Å². The van der Waals surface area contributed by atoms with Gasteiger partial charge in [-0.1, -0.05) is 29.3 Å². The van der Waals surface area contributed by atoms with E-state index in [4.69, 9.17) is 27.9 Å². The Balaban J connectivity index is 1.57. The van der Waals surface area contributed by atoms with Gasteiger partial charge in [-0.3, -0.25) is 4.79 Å². The van der Waals surface area contributed by atoms with E-state index in [2.05, 4.69) is 5.32 Å². The van der Waals surface area contributed by atoms with E-state index >= 15 is 0 Å². The first kappa shape index (κ1) is 21.9. The molecule has 0 unspecified atom stereocenters. The second-order valence-electron chi connectivity index (χ2n) is 6.84. The number of hydrogen-bond acceptors (Lipinski definition) is 4. The van der Waals surface area contributed by atoms with Crippen LogP contribution in [0.4, 0.5) is 0 Å². The van der Waals surface area contributed by atoms with Gasteiger partial charge in [0.05, 0.1) is 4.90 Å². The monoisotopic (exact) mass is 456 g/mol. The zero-order valence-electron chi connectivity index (χ0n) is 16.0. The Kier molecular flexibility index (Phi) is 7.05. The van der Waals surface area contributed by atoms with Gasteiger partial charge in [0.2, 0.25) is 10.0 Å². The van der Waals surface area contributed by atoms with Gasteiger partial charge < -0.3 is 10.1 Å². The van der Waals surface area contributed by atoms with Crippen LogP contribution in [0.3, 0.4) is 0 Å². The summed E-state index contributed by atoms with van der Waals surface area (Å²) in [6, 6.07) is 9.74. The van der Waals surface area contributed by atoms with Gasteiger partial charge in [0.1, 0.15) is 5.75 Å². The number of nitrogens with one attached hydrogen (secondary N) is 1. The maximum absolute atomic E-state index is 12.6. The van der Waals surface area contributed by atoms with Crippen molar-refractivity contribution in [1.29, 1.82) is 0 Å². The summed E-state index contributed by atoms with van der Waals surface area (Å²) < 4.78 is 32.3.